The second-order valence-corrected chi connectivity index (χ2v) is 4.14. The van der Waals surface area contributed by atoms with Gasteiger partial charge in [-0.25, -0.2) is 0 Å². The molecule has 1 aliphatic carbocycles. The van der Waals surface area contributed by atoms with Crippen molar-refractivity contribution in [2.45, 2.75) is 19.3 Å². The highest BCUT2D eigenvalue weighted by molar-refractivity contribution is 5.73. The molecule has 13 heavy (non-hydrogen) atoms. The highest BCUT2D eigenvalue weighted by Gasteiger charge is 2.45. The van der Waals surface area contributed by atoms with E-state index < -0.39 is 0 Å². The van der Waals surface area contributed by atoms with Crippen molar-refractivity contribution in [3.8, 4) is 0 Å². The van der Waals surface area contributed by atoms with Gasteiger partial charge in [-0.05, 0) is 44.2 Å². The number of hydrogen-bond acceptors (Lipinski definition) is 3. The minimum atomic E-state index is 0.00292. The molecule has 74 valence electrons. The zero-order valence-electron chi connectivity index (χ0n) is 8.08. The average Bonchev–Trinajstić information content (AvgIpc) is 2.29. The molecule has 3 atom stereocenters. The summed E-state index contributed by atoms with van der Waals surface area (Å²) in [7, 11) is 1.49. The zero-order valence-corrected chi connectivity index (χ0v) is 8.08. The molecule has 1 N–H and O–H groups in total. The second kappa shape index (κ2) is 3.66. The highest BCUT2D eigenvalue weighted by atomic mass is 16.5. The first-order chi connectivity index (χ1) is 6.33. The SMILES string of the molecule is COC(=O)C1CC2CNCCCC21. The molecule has 0 radical (unpaired) electrons. The summed E-state index contributed by atoms with van der Waals surface area (Å²) >= 11 is 0. The second-order valence-electron chi connectivity index (χ2n) is 4.14. The molecule has 0 aromatic carbocycles. The van der Waals surface area contributed by atoms with E-state index >= 15 is 0 Å². The maximum Gasteiger partial charge on any atom is 0.308 e. The van der Waals surface area contributed by atoms with Gasteiger partial charge in [-0.3, -0.25) is 4.79 Å². The topological polar surface area (TPSA) is 38.3 Å². The van der Waals surface area contributed by atoms with Crippen molar-refractivity contribution in [3.05, 3.63) is 0 Å². The van der Waals surface area contributed by atoms with E-state index in [4.69, 9.17) is 4.74 Å². The number of carbonyl (C=O) groups is 1. The Kier molecular flexibility index (Phi) is 2.54. The van der Waals surface area contributed by atoms with Gasteiger partial charge in [0.2, 0.25) is 0 Å². The first kappa shape index (κ1) is 9.00. The van der Waals surface area contributed by atoms with Crippen molar-refractivity contribution < 1.29 is 9.53 Å². The van der Waals surface area contributed by atoms with E-state index in [0.29, 0.717) is 5.92 Å². The standard InChI is InChI=1S/C10H17NO2/c1-13-10(12)9-5-7-6-11-4-2-3-8(7)9/h7-9,11H,2-6H2,1H3. The minimum Gasteiger partial charge on any atom is -0.469 e. The Morgan fingerprint density at radius 3 is 3.15 bits per heavy atom. The van der Waals surface area contributed by atoms with Gasteiger partial charge in [-0.2, -0.15) is 0 Å². The lowest BCUT2D eigenvalue weighted by molar-refractivity contribution is -0.154. The molecule has 0 amide bonds. The van der Waals surface area contributed by atoms with Crippen molar-refractivity contribution in [3.63, 3.8) is 0 Å². The summed E-state index contributed by atoms with van der Waals surface area (Å²) in [4.78, 5) is 11.3. The van der Waals surface area contributed by atoms with E-state index in [1.165, 1.54) is 20.0 Å². The normalized spacial score (nSPS) is 38.4. The number of nitrogens with one attached hydrogen (secondary N) is 1. The molecule has 0 spiro atoms. The van der Waals surface area contributed by atoms with E-state index in [9.17, 15) is 4.79 Å². The van der Waals surface area contributed by atoms with Crippen LogP contribution in [0.5, 0.6) is 0 Å². The Bertz CT molecular complexity index is 205. The predicted molar refractivity (Wildman–Crippen MR) is 49.2 cm³/mol. The molecule has 3 heteroatoms. The minimum absolute atomic E-state index is 0.00292. The molecule has 1 aliphatic heterocycles. The smallest absolute Gasteiger partial charge is 0.308 e. The van der Waals surface area contributed by atoms with Crippen LogP contribution in [0.15, 0.2) is 0 Å². The van der Waals surface area contributed by atoms with Crippen LogP contribution >= 0.6 is 0 Å². The molecule has 1 saturated heterocycles. The van der Waals surface area contributed by atoms with Gasteiger partial charge < -0.3 is 10.1 Å². The van der Waals surface area contributed by atoms with Gasteiger partial charge in [0.15, 0.2) is 0 Å². The Labute approximate surface area is 78.8 Å². The van der Waals surface area contributed by atoms with Crippen LogP contribution in [0.4, 0.5) is 0 Å². The van der Waals surface area contributed by atoms with E-state index in [0.717, 1.165) is 25.4 Å². The van der Waals surface area contributed by atoms with Crippen LogP contribution in [-0.2, 0) is 9.53 Å². The lowest BCUT2D eigenvalue weighted by atomic mass is 9.63. The number of esters is 1. The highest BCUT2D eigenvalue weighted by Crippen LogP contribution is 2.44. The quantitative estimate of drug-likeness (QED) is 0.611. The Hall–Kier alpha value is -0.570. The summed E-state index contributed by atoms with van der Waals surface area (Å²) in [6.07, 6.45) is 3.43. The summed E-state index contributed by atoms with van der Waals surface area (Å²) in [5, 5.41) is 3.40. The van der Waals surface area contributed by atoms with Crippen molar-refractivity contribution in [2.24, 2.45) is 17.8 Å². The summed E-state index contributed by atoms with van der Waals surface area (Å²) in [5.74, 6) is 1.53. The zero-order chi connectivity index (χ0) is 9.26. The van der Waals surface area contributed by atoms with Gasteiger partial charge in [-0.1, -0.05) is 0 Å². The number of methoxy groups -OCH3 is 1. The molecule has 2 rings (SSSR count). The monoisotopic (exact) mass is 183 g/mol. The molecule has 1 heterocycles. The number of carbonyl (C=O) groups excluding carboxylic acids is 1. The fraction of sp³-hybridized carbons (Fsp3) is 0.900. The van der Waals surface area contributed by atoms with E-state index in [2.05, 4.69) is 5.32 Å². The molecule has 3 nitrogen and oxygen atoms in total. The first-order valence-electron chi connectivity index (χ1n) is 5.11. The summed E-state index contributed by atoms with van der Waals surface area (Å²) in [5.41, 5.74) is 0. The van der Waals surface area contributed by atoms with Crippen LogP contribution in [-0.4, -0.2) is 26.2 Å². The van der Waals surface area contributed by atoms with Crippen molar-refractivity contribution in [1.29, 1.82) is 0 Å². The van der Waals surface area contributed by atoms with Crippen molar-refractivity contribution in [2.75, 3.05) is 20.2 Å². The molecule has 0 aromatic rings. The van der Waals surface area contributed by atoms with Crippen LogP contribution in [0.25, 0.3) is 0 Å². The molecule has 2 aliphatic rings. The van der Waals surface area contributed by atoms with Gasteiger partial charge in [0.25, 0.3) is 0 Å². The van der Waals surface area contributed by atoms with Crippen molar-refractivity contribution in [1.82, 2.24) is 5.32 Å². The van der Waals surface area contributed by atoms with Crippen LogP contribution in [0, 0.1) is 17.8 Å². The fourth-order valence-corrected chi connectivity index (χ4v) is 2.65. The summed E-state index contributed by atoms with van der Waals surface area (Å²) in [6, 6.07) is 0. The van der Waals surface area contributed by atoms with Crippen LogP contribution in [0.1, 0.15) is 19.3 Å². The number of hydrogen-bond donors (Lipinski definition) is 1. The van der Waals surface area contributed by atoms with Gasteiger partial charge >= 0.3 is 5.97 Å². The van der Waals surface area contributed by atoms with Crippen LogP contribution in [0.2, 0.25) is 0 Å². The van der Waals surface area contributed by atoms with Gasteiger partial charge in [-0.15, -0.1) is 0 Å². The lowest BCUT2D eigenvalue weighted by Crippen LogP contribution is -2.44. The van der Waals surface area contributed by atoms with Gasteiger partial charge in [0.05, 0.1) is 13.0 Å². The Balaban J connectivity index is 1.93. The van der Waals surface area contributed by atoms with Gasteiger partial charge in [0.1, 0.15) is 0 Å². The lowest BCUT2D eigenvalue weighted by Gasteiger charge is -2.41. The number of rotatable bonds is 1. The third-order valence-electron chi connectivity index (χ3n) is 3.48. The molecule has 1 saturated carbocycles. The van der Waals surface area contributed by atoms with E-state index in [1.807, 2.05) is 0 Å². The number of ether oxygens (including phenoxy) is 1. The molecule has 0 bridgehead atoms. The largest absolute Gasteiger partial charge is 0.469 e. The molecule has 0 aromatic heterocycles. The van der Waals surface area contributed by atoms with Crippen LogP contribution in [0.3, 0.4) is 0 Å². The summed E-state index contributed by atoms with van der Waals surface area (Å²) in [6.45, 7) is 2.21. The third-order valence-corrected chi connectivity index (χ3v) is 3.48. The van der Waals surface area contributed by atoms with E-state index in [1.54, 1.807) is 0 Å². The third kappa shape index (κ3) is 1.57. The van der Waals surface area contributed by atoms with E-state index in [-0.39, 0.29) is 11.9 Å². The predicted octanol–water partition coefficient (Wildman–Crippen LogP) is 0.795. The average molecular weight is 183 g/mol. The maximum absolute atomic E-state index is 11.3. The maximum atomic E-state index is 11.3. The Morgan fingerprint density at radius 1 is 1.54 bits per heavy atom. The molecular formula is C10H17NO2. The van der Waals surface area contributed by atoms with Crippen molar-refractivity contribution >= 4 is 5.97 Å². The summed E-state index contributed by atoms with van der Waals surface area (Å²) < 4.78 is 4.78. The number of fused-ring (bicyclic) bond motifs is 1. The molecule has 3 unspecified atom stereocenters. The van der Waals surface area contributed by atoms with Gasteiger partial charge in [0, 0.05) is 0 Å². The first-order valence-corrected chi connectivity index (χ1v) is 5.11. The van der Waals surface area contributed by atoms with Crippen LogP contribution < -0.4 is 5.32 Å². The molecular weight excluding hydrogens is 166 g/mol. The Morgan fingerprint density at radius 2 is 2.38 bits per heavy atom. The fourth-order valence-electron chi connectivity index (χ4n) is 2.65. The molecule has 2 fully saturated rings.